The lowest BCUT2D eigenvalue weighted by molar-refractivity contribution is -0.112. The molecule has 8 heteroatoms. The van der Waals surface area contributed by atoms with Crippen molar-refractivity contribution < 1.29 is 14.7 Å². The summed E-state index contributed by atoms with van der Waals surface area (Å²) in [5.41, 5.74) is 4.85. The van der Waals surface area contributed by atoms with Gasteiger partial charge in [-0.05, 0) is 42.7 Å². The Morgan fingerprint density at radius 3 is 2.34 bits per heavy atom. The zero-order valence-electron chi connectivity index (χ0n) is 24.1. The summed E-state index contributed by atoms with van der Waals surface area (Å²) >= 11 is 0. The maximum absolute atomic E-state index is 13.6. The number of carbonyl (C=O) groups is 2. The van der Waals surface area contributed by atoms with Gasteiger partial charge in [0.05, 0.1) is 33.7 Å². The molecule has 2 amide bonds. The Morgan fingerprint density at radius 2 is 1.68 bits per heavy atom. The van der Waals surface area contributed by atoms with Gasteiger partial charge in [-0.25, -0.2) is 9.97 Å². The van der Waals surface area contributed by atoms with Crippen LogP contribution in [0, 0.1) is 12.8 Å². The van der Waals surface area contributed by atoms with E-state index in [9.17, 15) is 14.7 Å². The molecule has 0 saturated heterocycles. The van der Waals surface area contributed by atoms with Gasteiger partial charge in [-0.3, -0.25) is 14.5 Å². The SMILES string of the molecule is C=CC1(O)CC(C2C=CC(c3nc4c(cnc5cc(C)nn54)cc3-c3ccccc3)=CC2)(N2C(=O)c3ccccc3C2=O)C1. The van der Waals surface area contributed by atoms with Gasteiger partial charge in [-0.15, -0.1) is 6.58 Å². The van der Waals surface area contributed by atoms with Crippen LogP contribution in [0.3, 0.4) is 0 Å². The van der Waals surface area contributed by atoms with Crippen molar-refractivity contribution in [1.82, 2.24) is 24.5 Å². The third kappa shape index (κ3) is 3.77. The monoisotopic (exact) mass is 579 g/mol. The summed E-state index contributed by atoms with van der Waals surface area (Å²) in [5, 5.41) is 16.6. The fourth-order valence-electron chi connectivity index (χ4n) is 7.24. The van der Waals surface area contributed by atoms with Crippen LogP contribution in [0.25, 0.3) is 33.4 Å². The number of nitrogens with zero attached hydrogens (tertiary/aromatic N) is 5. The highest BCUT2D eigenvalue weighted by Crippen LogP contribution is 2.55. The van der Waals surface area contributed by atoms with Crippen molar-refractivity contribution in [2.24, 2.45) is 5.92 Å². The number of rotatable bonds is 5. The number of aromatic nitrogens is 4. The lowest BCUT2D eigenvalue weighted by atomic mass is 9.57. The van der Waals surface area contributed by atoms with Crippen LogP contribution in [0.4, 0.5) is 0 Å². The van der Waals surface area contributed by atoms with Gasteiger partial charge in [0, 0.05) is 42.0 Å². The Hall–Kier alpha value is -5.21. The van der Waals surface area contributed by atoms with Gasteiger partial charge in [-0.1, -0.05) is 66.8 Å². The molecule has 2 aliphatic carbocycles. The fourth-order valence-corrected chi connectivity index (χ4v) is 7.24. The van der Waals surface area contributed by atoms with Crippen molar-refractivity contribution in [2.45, 2.75) is 37.3 Å². The number of benzene rings is 2. The topological polar surface area (TPSA) is 101 Å². The number of imide groups is 1. The van der Waals surface area contributed by atoms with Crippen LogP contribution in [-0.4, -0.2) is 52.5 Å². The van der Waals surface area contributed by atoms with Crippen LogP contribution in [0.2, 0.25) is 0 Å². The van der Waals surface area contributed by atoms with Gasteiger partial charge in [0.15, 0.2) is 11.3 Å². The van der Waals surface area contributed by atoms with Gasteiger partial charge in [0.25, 0.3) is 11.8 Å². The molecule has 1 aliphatic heterocycles. The molecule has 8 nitrogen and oxygen atoms in total. The third-order valence-corrected chi connectivity index (χ3v) is 9.37. The minimum atomic E-state index is -1.14. The van der Waals surface area contributed by atoms with E-state index in [2.05, 4.69) is 47.0 Å². The summed E-state index contributed by atoms with van der Waals surface area (Å²) in [6, 6.07) is 21.1. The molecule has 1 saturated carbocycles. The lowest BCUT2D eigenvalue weighted by Crippen LogP contribution is -2.69. The predicted octanol–water partition coefficient (Wildman–Crippen LogP) is 5.96. The molecule has 2 aromatic carbocycles. The third-order valence-electron chi connectivity index (χ3n) is 9.37. The molecule has 3 aliphatic rings. The van der Waals surface area contributed by atoms with Crippen LogP contribution >= 0.6 is 0 Å². The van der Waals surface area contributed by atoms with Crippen LogP contribution in [0.15, 0.2) is 104 Å². The zero-order chi connectivity index (χ0) is 30.2. The number of fused-ring (bicyclic) bond motifs is 4. The number of aliphatic hydroxyl groups is 1. The summed E-state index contributed by atoms with van der Waals surface area (Å²) in [5.74, 6) is -0.817. The van der Waals surface area contributed by atoms with Crippen LogP contribution in [-0.2, 0) is 0 Å². The second-order valence-electron chi connectivity index (χ2n) is 12.1. The largest absolute Gasteiger partial charge is 0.386 e. The number of hydrogen-bond donors (Lipinski definition) is 1. The molecule has 8 rings (SSSR count). The first-order chi connectivity index (χ1) is 21.3. The second kappa shape index (κ2) is 9.39. The van der Waals surface area contributed by atoms with Gasteiger partial charge < -0.3 is 5.11 Å². The summed E-state index contributed by atoms with van der Waals surface area (Å²) in [6.45, 7) is 5.75. The first-order valence-corrected chi connectivity index (χ1v) is 14.7. The van der Waals surface area contributed by atoms with E-state index in [0.29, 0.717) is 23.2 Å². The van der Waals surface area contributed by atoms with Gasteiger partial charge >= 0.3 is 0 Å². The van der Waals surface area contributed by atoms with Crippen molar-refractivity contribution in [3.05, 3.63) is 126 Å². The van der Waals surface area contributed by atoms with E-state index in [1.54, 1.807) is 28.8 Å². The first-order valence-electron chi connectivity index (χ1n) is 14.7. The highest BCUT2D eigenvalue weighted by Gasteiger charge is 2.63. The summed E-state index contributed by atoms with van der Waals surface area (Å²) in [4.78, 5) is 38.4. The van der Waals surface area contributed by atoms with E-state index in [4.69, 9.17) is 4.98 Å². The zero-order valence-corrected chi connectivity index (χ0v) is 24.1. The van der Waals surface area contributed by atoms with E-state index < -0.39 is 11.1 Å². The molecule has 44 heavy (non-hydrogen) atoms. The molecular weight excluding hydrogens is 550 g/mol. The number of allylic oxidation sites excluding steroid dienone is 3. The Morgan fingerprint density at radius 1 is 0.977 bits per heavy atom. The minimum absolute atomic E-state index is 0.195. The number of amides is 2. The molecule has 0 radical (unpaired) electrons. The Bertz CT molecular complexity index is 2070. The maximum Gasteiger partial charge on any atom is 0.262 e. The Kier molecular flexibility index (Phi) is 5.64. The van der Waals surface area contributed by atoms with Crippen LogP contribution < -0.4 is 0 Å². The van der Waals surface area contributed by atoms with Crippen LogP contribution in [0.1, 0.15) is 51.4 Å². The van der Waals surface area contributed by atoms with Gasteiger partial charge in [0.2, 0.25) is 0 Å². The quantitative estimate of drug-likeness (QED) is 0.204. The molecule has 5 aromatic rings. The fraction of sp³-hybridized carbons (Fsp3) is 0.194. The molecule has 0 bridgehead atoms. The van der Waals surface area contributed by atoms with Crippen molar-refractivity contribution in [1.29, 1.82) is 0 Å². The normalized spacial score (nSPS) is 24.5. The van der Waals surface area contributed by atoms with Gasteiger partial charge in [-0.2, -0.15) is 9.61 Å². The average molecular weight is 580 g/mol. The molecule has 1 fully saturated rings. The summed E-state index contributed by atoms with van der Waals surface area (Å²) in [6.07, 6.45) is 10.6. The molecule has 3 aromatic heterocycles. The standard InChI is InChI=1S/C36H29N5O3/c1-3-35(44)20-36(21-35,40-33(42)27-11-7-8-12-28(27)34(40)43)26-15-13-24(14-16-26)31-29(23-9-5-4-6-10-23)18-25-19-37-30-17-22(2)39-41(30)32(25)38-31/h3-15,17-19,26,44H,1,16,20-21H2,2H3. The smallest absolute Gasteiger partial charge is 0.262 e. The molecule has 216 valence electrons. The van der Waals surface area contributed by atoms with Crippen LogP contribution in [0.5, 0.6) is 0 Å². The molecule has 0 spiro atoms. The number of aryl methyl sites for hydroxylation is 1. The molecular formula is C36H29N5O3. The number of carbonyl (C=O) groups excluding carboxylic acids is 2. The lowest BCUT2D eigenvalue weighted by Gasteiger charge is -2.58. The van der Waals surface area contributed by atoms with E-state index in [0.717, 1.165) is 39.1 Å². The van der Waals surface area contributed by atoms with E-state index in [1.807, 2.05) is 43.5 Å². The second-order valence-corrected chi connectivity index (χ2v) is 12.1. The maximum atomic E-state index is 13.6. The Labute approximate surface area is 253 Å². The van der Waals surface area contributed by atoms with Gasteiger partial charge in [0.1, 0.15) is 0 Å². The van der Waals surface area contributed by atoms with E-state index in [1.165, 1.54) is 11.0 Å². The van der Waals surface area contributed by atoms with E-state index in [-0.39, 0.29) is 30.6 Å². The average Bonchev–Trinajstić information content (AvgIpc) is 3.55. The van der Waals surface area contributed by atoms with Crippen molar-refractivity contribution >= 4 is 34.1 Å². The molecule has 1 N–H and O–H groups in total. The summed E-state index contributed by atoms with van der Waals surface area (Å²) < 4.78 is 1.78. The molecule has 4 heterocycles. The summed E-state index contributed by atoms with van der Waals surface area (Å²) in [7, 11) is 0. The van der Waals surface area contributed by atoms with E-state index >= 15 is 0 Å². The molecule has 1 unspecified atom stereocenters. The number of hydrogen-bond acceptors (Lipinski definition) is 6. The highest BCUT2D eigenvalue weighted by atomic mass is 16.3. The first kappa shape index (κ1) is 26.4. The predicted molar refractivity (Wildman–Crippen MR) is 168 cm³/mol. The number of pyridine rings is 1. The highest BCUT2D eigenvalue weighted by molar-refractivity contribution is 6.22. The molecule has 1 atom stereocenters. The minimum Gasteiger partial charge on any atom is -0.386 e. The van der Waals surface area contributed by atoms with Crippen molar-refractivity contribution in [3.8, 4) is 11.1 Å². The van der Waals surface area contributed by atoms with Crippen molar-refractivity contribution in [2.75, 3.05) is 0 Å². The Balaban J connectivity index is 1.21. The van der Waals surface area contributed by atoms with Crippen molar-refractivity contribution in [3.63, 3.8) is 0 Å².